The van der Waals surface area contributed by atoms with Crippen LogP contribution in [0.15, 0.2) is 83.9 Å². The van der Waals surface area contributed by atoms with E-state index in [0.29, 0.717) is 27.8 Å². The number of benzene rings is 3. The van der Waals surface area contributed by atoms with E-state index in [9.17, 15) is 4.79 Å². The number of nitrogens with one attached hydrogen (secondary N) is 1. The lowest BCUT2D eigenvalue weighted by Gasteiger charge is -2.16. The van der Waals surface area contributed by atoms with E-state index in [1.807, 2.05) is 66.9 Å². The number of aromatic nitrogens is 1. The average molecular weight is 491 g/mol. The molecular weight excluding hydrogens is 468 g/mol. The molecule has 0 aliphatic rings. The van der Waals surface area contributed by atoms with Gasteiger partial charge in [-0.3, -0.25) is 9.78 Å². The van der Waals surface area contributed by atoms with Gasteiger partial charge < -0.3 is 14.8 Å². The van der Waals surface area contributed by atoms with Crippen LogP contribution >= 0.6 is 23.4 Å². The fraction of sp³-hybridized carbons (Fsp3) is 0.111. The zero-order chi connectivity index (χ0) is 24.1. The Bertz CT molecular complexity index is 1330. The van der Waals surface area contributed by atoms with E-state index in [-0.39, 0.29) is 5.91 Å². The highest BCUT2D eigenvalue weighted by Gasteiger charge is 2.18. The maximum atomic E-state index is 13.5. The van der Waals surface area contributed by atoms with Crippen molar-refractivity contribution in [2.24, 2.45) is 0 Å². The Kier molecular flexibility index (Phi) is 7.40. The molecule has 0 fully saturated rings. The van der Waals surface area contributed by atoms with Crippen LogP contribution in [0.5, 0.6) is 11.5 Å². The number of carbonyl (C=O) groups is 1. The monoisotopic (exact) mass is 490 g/mol. The number of hydrogen-bond acceptors (Lipinski definition) is 5. The molecule has 7 heteroatoms. The number of pyridine rings is 1. The second-order valence-corrected chi connectivity index (χ2v) is 8.63. The molecule has 34 heavy (non-hydrogen) atoms. The molecule has 3 aromatic carbocycles. The van der Waals surface area contributed by atoms with E-state index in [1.165, 1.54) is 0 Å². The average Bonchev–Trinajstić information content (AvgIpc) is 2.89. The van der Waals surface area contributed by atoms with Gasteiger partial charge in [-0.1, -0.05) is 17.7 Å². The number of methoxy groups -OCH3 is 2. The molecule has 0 atom stereocenters. The zero-order valence-electron chi connectivity index (χ0n) is 19.0. The van der Waals surface area contributed by atoms with Gasteiger partial charge in [0.25, 0.3) is 5.91 Å². The van der Waals surface area contributed by atoms with Crippen LogP contribution < -0.4 is 14.8 Å². The molecular formula is C27H23ClN2O3S. The van der Waals surface area contributed by atoms with Crippen molar-refractivity contribution >= 4 is 35.0 Å². The summed E-state index contributed by atoms with van der Waals surface area (Å²) in [5.74, 6) is 1.08. The SMILES string of the molecule is COc1ccc(OC)c(-c2cc(SC)ccc2C(=O)Nc2ccc(Cl)c(-c3ccccn3)c2)c1. The Balaban J connectivity index is 1.75. The van der Waals surface area contributed by atoms with Crippen molar-refractivity contribution in [2.75, 3.05) is 25.8 Å². The largest absolute Gasteiger partial charge is 0.497 e. The quantitative estimate of drug-likeness (QED) is 0.281. The third kappa shape index (κ3) is 5.03. The normalized spacial score (nSPS) is 10.6. The summed E-state index contributed by atoms with van der Waals surface area (Å²) in [4.78, 5) is 18.9. The Morgan fingerprint density at radius 1 is 0.912 bits per heavy atom. The highest BCUT2D eigenvalue weighted by molar-refractivity contribution is 7.98. The molecule has 1 amide bonds. The molecule has 172 valence electrons. The van der Waals surface area contributed by atoms with Crippen LogP contribution in [0.3, 0.4) is 0 Å². The van der Waals surface area contributed by atoms with Gasteiger partial charge in [-0.2, -0.15) is 0 Å². The molecule has 0 aliphatic heterocycles. The van der Waals surface area contributed by atoms with Crippen molar-refractivity contribution in [3.8, 4) is 33.9 Å². The molecule has 0 unspecified atom stereocenters. The van der Waals surface area contributed by atoms with Crippen LogP contribution in [0.2, 0.25) is 5.02 Å². The van der Waals surface area contributed by atoms with E-state index in [1.54, 1.807) is 44.3 Å². The smallest absolute Gasteiger partial charge is 0.256 e. The molecule has 4 aromatic rings. The summed E-state index contributed by atoms with van der Waals surface area (Å²) < 4.78 is 11.0. The molecule has 0 radical (unpaired) electrons. The molecule has 0 saturated carbocycles. The van der Waals surface area contributed by atoms with Crippen molar-refractivity contribution in [2.45, 2.75) is 4.90 Å². The lowest BCUT2D eigenvalue weighted by Crippen LogP contribution is -2.13. The van der Waals surface area contributed by atoms with Crippen molar-refractivity contribution in [1.29, 1.82) is 0 Å². The fourth-order valence-electron chi connectivity index (χ4n) is 3.62. The molecule has 0 bridgehead atoms. The summed E-state index contributed by atoms with van der Waals surface area (Å²) in [5.41, 5.74) is 4.13. The Morgan fingerprint density at radius 3 is 2.47 bits per heavy atom. The molecule has 1 N–H and O–H groups in total. The summed E-state index contributed by atoms with van der Waals surface area (Å²) in [6, 6.07) is 22.2. The van der Waals surface area contributed by atoms with Crippen molar-refractivity contribution in [1.82, 2.24) is 4.98 Å². The molecule has 5 nitrogen and oxygen atoms in total. The lowest BCUT2D eigenvalue weighted by atomic mass is 9.97. The third-order valence-corrected chi connectivity index (χ3v) is 6.39. The van der Waals surface area contributed by atoms with Gasteiger partial charge in [0.15, 0.2) is 0 Å². The first kappa shape index (κ1) is 23.7. The van der Waals surface area contributed by atoms with Crippen LogP contribution in [0.4, 0.5) is 5.69 Å². The molecule has 0 aliphatic carbocycles. The van der Waals surface area contributed by atoms with Gasteiger partial charge in [0, 0.05) is 33.5 Å². The zero-order valence-corrected chi connectivity index (χ0v) is 20.5. The predicted molar refractivity (Wildman–Crippen MR) is 139 cm³/mol. The van der Waals surface area contributed by atoms with E-state index in [0.717, 1.165) is 27.3 Å². The number of amides is 1. The first-order valence-corrected chi connectivity index (χ1v) is 12.1. The van der Waals surface area contributed by atoms with Gasteiger partial charge in [0.2, 0.25) is 0 Å². The fourth-order valence-corrected chi connectivity index (χ4v) is 4.27. The Morgan fingerprint density at radius 2 is 1.76 bits per heavy atom. The number of nitrogens with zero attached hydrogens (tertiary/aromatic N) is 1. The first-order chi connectivity index (χ1) is 16.5. The summed E-state index contributed by atoms with van der Waals surface area (Å²) in [6.45, 7) is 0. The van der Waals surface area contributed by atoms with Crippen molar-refractivity contribution in [3.63, 3.8) is 0 Å². The molecule has 4 rings (SSSR count). The van der Waals surface area contributed by atoms with Gasteiger partial charge in [0.1, 0.15) is 11.5 Å². The highest BCUT2D eigenvalue weighted by atomic mass is 35.5. The number of anilines is 1. The second-order valence-electron chi connectivity index (χ2n) is 7.34. The number of thioether (sulfide) groups is 1. The van der Waals surface area contributed by atoms with Crippen LogP contribution in [0.25, 0.3) is 22.4 Å². The summed E-state index contributed by atoms with van der Waals surface area (Å²) in [7, 11) is 3.22. The number of hydrogen-bond donors (Lipinski definition) is 1. The van der Waals surface area contributed by atoms with E-state index < -0.39 is 0 Å². The predicted octanol–water partition coefficient (Wildman–Crippen LogP) is 7.06. The van der Waals surface area contributed by atoms with Crippen molar-refractivity contribution in [3.05, 3.63) is 89.6 Å². The number of halogens is 1. The Hall–Kier alpha value is -3.48. The minimum atomic E-state index is -0.248. The number of ether oxygens (including phenoxy) is 2. The molecule has 0 saturated heterocycles. The third-order valence-electron chi connectivity index (χ3n) is 5.33. The van der Waals surface area contributed by atoms with Crippen LogP contribution in [-0.4, -0.2) is 31.4 Å². The van der Waals surface area contributed by atoms with E-state index in [2.05, 4.69) is 10.3 Å². The number of rotatable bonds is 7. The summed E-state index contributed by atoms with van der Waals surface area (Å²) in [5, 5.41) is 3.56. The standard InChI is InChI=1S/C27H23ClN2O3S/c1-32-18-8-12-26(33-2)22(15-18)21-16-19(34-3)9-10-20(21)27(31)30-17-7-11-24(28)23(14-17)25-6-4-5-13-29-25/h4-16H,1-3H3,(H,30,31). The highest BCUT2D eigenvalue weighted by Crippen LogP contribution is 2.38. The summed E-state index contributed by atoms with van der Waals surface area (Å²) >= 11 is 8.01. The summed E-state index contributed by atoms with van der Waals surface area (Å²) in [6.07, 6.45) is 3.70. The van der Waals surface area contributed by atoms with Gasteiger partial charge in [-0.25, -0.2) is 0 Å². The van der Waals surface area contributed by atoms with Crippen LogP contribution in [0, 0.1) is 0 Å². The van der Waals surface area contributed by atoms with Gasteiger partial charge in [-0.05, 0) is 78.5 Å². The van der Waals surface area contributed by atoms with Gasteiger partial charge >= 0.3 is 0 Å². The second kappa shape index (κ2) is 10.6. The minimum absolute atomic E-state index is 0.248. The number of carbonyl (C=O) groups excluding carboxylic acids is 1. The van der Waals surface area contributed by atoms with Crippen molar-refractivity contribution < 1.29 is 14.3 Å². The maximum absolute atomic E-state index is 13.5. The molecule has 1 heterocycles. The maximum Gasteiger partial charge on any atom is 0.256 e. The Labute approximate surface area is 208 Å². The molecule has 1 aromatic heterocycles. The van der Waals surface area contributed by atoms with E-state index >= 15 is 0 Å². The van der Waals surface area contributed by atoms with E-state index in [4.69, 9.17) is 21.1 Å². The lowest BCUT2D eigenvalue weighted by molar-refractivity contribution is 0.102. The van der Waals surface area contributed by atoms with Gasteiger partial charge in [0.05, 0.1) is 24.9 Å². The van der Waals surface area contributed by atoms with Gasteiger partial charge in [-0.15, -0.1) is 11.8 Å². The first-order valence-electron chi connectivity index (χ1n) is 10.5. The topological polar surface area (TPSA) is 60.5 Å². The van der Waals surface area contributed by atoms with Crippen LogP contribution in [-0.2, 0) is 0 Å². The molecule has 0 spiro atoms. The minimum Gasteiger partial charge on any atom is -0.497 e. The van der Waals surface area contributed by atoms with Crippen LogP contribution in [0.1, 0.15) is 10.4 Å².